The number of aromatic carboxylic acids is 1. The quantitative estimate of drug-likeness (QED) is 0.698. The van der Waals surface area contributed by atoms with Crippen LogP contribution in [0.3, 0.4) is 0 Å². The third-order valence-corrected chi connectivity index (χ3v) is 3.42. The van der Waals surface area contributed by atoms with Gasteiger partial charge in [-0.05, 0) is 12.1 Å². The molecule has 24 heavy (non-hydrogen) atoms. The average molecular weight is 334 g/mol. The molecule has 3 aromatic rings. The molecule has 0 bridgehead atoms. The van der Waals surface area contributed by atoms with Crippen molar-refractivity contribution in [3.63, 3.8) is 0 Å². The molecule has 0 spiro atoms. The molecule has 0 aliphatic heterocycles. The van der Waals surface area contributed by atoms with E-state index in [2.05, 4.69) is 4.98 Å². The van der Waals surface area contributed by atoms with E-state index >= 15 is 0 Å². The number of halogens is 1. The van der Waals surface area contributed by atoms with Gasteiger partial charge in [-0.2, -0.15) is 0 Å². The molecule has 0 fully saturated rings. The lowest BCUT2D eigenvalue weighted by Gasteiger charge is -2.02. The molecule has 0 radical (unpaired) electrons. The Bertz CT molecular complexity index is 1030. The molecule has 126 valence electrons. The molecule has 0 unspecified atom stereocenters. The van der Waals surface area contributed by atoms with Gasteiger partial charge in [-0.25, -0.2) is 19.0 Å². The highest BCUT2D eigenvalue weighted by atomic mass is 19.1. The van der Waals surface area contributed by atoms with Crippen LogP contribution in [0.2, 0.25) is 0 Å². The molecule has 9 heteroatoms. The minimum absolute atomic E-state index is 0.289. The van der Waals surface area contributed by atoms with E-state index in [1.807, 2.05) is 0 Å². The summed E-state index contributed by atoms with van der Waals surface area (Å²) in [6.07, 6.45) is 1.52. The van der Waals surface area contributed by atoms with E-state index in [9.17, 15) is 18.8 Å². The van der Waals surface area contributed by atoms with Gasteiger partial charge in [0.05, 0.1) is 11.9 Å². The molecule has 0 saturated carbocycles. The third-order valence-electron chi connectivity index (χ3n) is 3.42. The summed E-state index contributed by atoms with van der Waals surface area (Å²) in [7, 11) is 4.77. The van der Waals surface area contributed by atoms with Gasteiger partial charge in [0.1, 0.15) is 5.82 Å². The Hall–Kier alpha value is -3.23. The van der Waals surface area contributed by atoms with E-state index in [1.54, 1.807) is 18.7 Å². The summed E-state index contributed by atoms with van der Waals surface area (Å²) in [5, 5.41) is 8.33. The number of fused-ring (bicyclic) bond motifs is 1. The van der Waals surface area contributed by atoms with Crippen molar-refractivity contribution in [1.82, 2.24) is 18.7 Å². The van der Waals surface area contributed by atoms with Crippen LogP contribution in [0, 0.1) is 5.82 Å². The highest BCUT2D eigenvalue weighted by molar-refractivity contribution is 5.87. The van der Waals surface area contributed by atoms with Gasteiger partial charge in [0, 0.05) is 21.1 Å². The van der Waals surface area contributed by atoms with Crippen molar-refractivity contribution in [1.29, 1.82) is 0 Å². The third kappa shape index (κ3) is 2.96. The van der Waals surface area contributed by atoms with Gasteiger partial charge in [0.25, 0.3) is 5.56 Å². The Morgan fingerprint density at radius 2 is 1.75 bits per heavy atom. The van der Waals surface area contributed by atoms with E-state index < -0.39 is 11.8 Å². The van der Waals surface area contributed by atoms with Crippen molar-refractivity contribution < 1.29 is 14.3 Å². The van der Waals surface area contributed by atoms with Crippen molar-refractivity contribution in [3.8, 4) is 0 Å². The smallest absolute Gasteiger partial charge is 0.338 e. The van der Waals surface area contributed by atoms with Crippen molar-refractivity contribution in [3.05, 3.63) is 62.8 Å². The summed E-state index contributed by atoms with van der Waals surface area (Å²) >= 11 is 0. The predicted octanol–water partition coefficient (Wildman–Crippen LogP) is 0.495. The summed E-state index contributed by atoms with van der Waals surface area (Å²) in [6, 6.07) is 5.26. The SMILES string of the molecule is Cn1c(=O)c2c(ncn2C)n(C)c1=O.O=C(O)c1ccccc1F. The van der Waals surface area contributed by atoms with Crippen molar-refractivity contribution >= 4 is 17.1 Å². The van der Waals surface area contributed by atoms with Gasteiger partial charge in [0.2, 0.25) is 0 Å². The molecule has 1 aromatic carbocycles. The molecule has 3 rings (SSSR count). The Kier molecular flexibility index (Phi) is 4.63. The monoisotopic (exact) mass is 334 g/mol. The van der Waals surface area contributed by atoms with Crippen molar-refractivity contribution in [2.75, 3.05) is 0 Å². The van der Waals surface area contributed by atoms with Gasteiger partial charge in [-0.15, -0.1) is 0 Å². The predicted molar refractivity (Wildman–Crippen MR) is 84.6 cm³/mol. The maximum Gasteiger partial charge on any atom is 0.338 e. The number of imidazole rings is 1. The maximum absolute atomic E-state index is 12.5. The maximum atomic E-state index is 12.5. The van der Waals surface area contributed by atoms with Gasteiger partial charge in [-0.3, -0.25) is 13.9 Å². The van der Waals surface area contributed by atoms with Gasteiger partial charge >= 0.3 is 11.7 Å². The standard InChI is InChI=1S/C8H10N4O2.C7H5FO2/c1-10-4-9-6-5(10)7(13)12(3)8(14)11(6)2;8-6-4-2-1-3-5(6)7(9)10/h4H,1-3H3;1-4H,(H,9,10). The Labute approximate surface area is 135 Å². The number of aryl methyl sites for hydroxylation is 2. The summed E-state index contributed by atoms with van der Waals surface area (Å²) in [6.45, 7) is 0. The first-order chi connectivity index (χ1) is 11.3. The fraction of sp³-hybridized carbons (Fsp3) is 0.200. The molecule has 0 atom stereocenters. The fourth-order valence-electron chi connectivity index (χ4n) is 2.11. The zero-order valence-electron chi connectivity index (χ0n) is 13.2. The molecule has 8 nitrogen and oxygen atoms in total. The van der Waals surface area contributed by atoms with Crippen LogP contribution in [0.5, 0.6) is 0 Å². The molecular weight excluding hydrogens is 319 g/mol. The highest BCUT2D eigenvalue weighted by Gasteiger charge is 2.11. The molecule has 1 N–H and O–H groups in total. The number of aromatic nitrogens is 4. The molecule has 2 aromatic heterocycles. The number of hydrogen-bond acceptors (Lipinski definition) is 4. The number of carboxylic acid groups (broad SMARTS) is 1. The Morgan fingerprint density at radius 1 is 1.12 bits per heavy atom. The van der Waals surface area contributed by atoms with Crippen LogP contribution in [0.25, 0.3) is 11.2 Å². The van der Waals surface area contributed by atoms with Crippen molar-refractivity contribution in [2.45, 2.75) is 0 Å². The zero-order valence-corrected chi connectivity index (χ0v) is 13.2. The largest absolute Gasteiger partial charge is 0.478 e. The molecule has 0 amide bonds. The lowest BCUT2D eigenvalue weighted by atomic mass is 10.2. The lowest BCUT2D eigenvalue weighted by Crippen LogP contribution is -2.37. The van der Waals surface area contributed by atoms with Crippen molar-refractivity contribution in [2.24, 2.45) is 21.1 Å². The van der Waals surface area contributed by atoms with Gasteiger partial charge < -0.3 is 9.67 Å². The molecule has 0 saturated heterocycles. The van der Waals surface area contributed by atoms with Crippen LogP contribution in [-0.4, -0.2) is 29.8 Å². The number of rotatable bonds is 1. The van der Waals surface area contributed by atoms with Crippen LogP contribution in [0.15, 0.2) is 40.2 Å². The molecule has 0 aliphatic rings. The van der Waals surface area contributed by atoms with E-state index in [0.29, 0.717) is 11.2 Å². The number of nitrogens with zero attached hydrogens (tertiary/aromatic N) is 4. The summed E-state index contributed by atoms with van der Waals surface area (Å²) in [5.74, 6) is -1.94. The number of hydrogen-bond donors (Lipinski definition) is 1. The first kappa shape index (κ1) is 17.1. The van der Waals surface area contributed by atoms with E-state index in [0.717, 1.165) is 10.6 Å². The molecular formula is C15H15FN4O4. The second-order valence-electron chi connectivity index (χ2n) is 5.02. The van der Waals surface area contributed by atoms with E-state index in [4.69, 9.17) is 5.11 Å². The second kappa shape index (κ2) is 6.49. The van der Waals surface area contributed by atoms with E-state index in [1.165, 1.54) is 36.1 Å². The lowest BCUT2D eigenvalue weighted by molar-refractivity contribution is 0.0692. The first-order valence-electron chi connectivity index (χ1n) is 6.80. The normalized spacial score (nSPS) is 10.3. The van der Waals surface area contributed by atoms with Crippen LogP contribution in [0.1, 0.15) is 10.4 Å². The van der Waals surface area contributed by atoms with Crippen LogP contribution < -0.4 is 11.2 Å². The number of carbonyl (C=O) groups is 1. The second-order valence-corrected chi connectivity index (χ2v) is 5.02. The van der Waals surface area contributed by atoms with E-state index in [-0.39, 0.29) is 16.8 Å². The summed E-state index contributed by atoms with van der Waals surface area (Å²) in [5.41, 5.74) is -0.109. The van der Waals surface area contributed by atoms with Gasteiger partial charge in [0.15, 0.2) is 11.2 Å². The topological polar surface area (TPSA) is 99.1 Å². The summed E-state index contributed by atoms with van der Waals surface area (Å²) < 4.78 is 16.5. The minimum atomic E-state index is -1.24. The fourth-order valence-corrected chi connectivity index (χ4v) is 2.11. The molecule has 0 aliphatic carbocycles. The number of benzene rings is 1. The van der Waals surface area contributed by atoms with Crippen LogP contribution >= 0.6 is 0 Å². The molecule has 2 heterocycles. The first-order valence-corrected chi connectivity index (χ1v) is 6.80. The van der Waals surface area contributed by atoms with Gasteiger partial charge in [-0.1, -0.05) is 12.1 Å². The number of carboxylic acids is 1. The Morgan fingerprint density at radius 3 is 2.29 bits per heavy atom. The minimum Gasteiger partial charge on any atom is -0.478 e. The van der Waals surface area contributed by atoms with Crippen LogP contribution in [-0.2, 0) is 21.1 Å². The summed E-state index contributed by atoms with van der Waals surface area (Å²) in [4.78, 5) is 37.3. The zero-order chi connectivity index (χ0) is 18.0. The average Bonchev–Trinajstić information content (AvgIpc) is 2.93. The van der Waals surface area contributed by atoms with Crippen LogP contribution in [0.4, 0.5) is 4.39 Å². The highest BCUT2D eigenvalue weighted by Crippen LogP contribution is 2.04. The Balaban J connectivity index is 0.000000185.